The monoisotopic (exact) mass is 137 g/mol. The van der Waals surface area contributed by atoms with Gasteiger partial charge >= 0.3 is 0 Å². The van der Waals surface area contributed by atoms with E-state index in [-0.39, 0.29) is 18.0 Å². The smallest absolute Gasteiger partial charge is 0.0892 e. The number of hydrogen-bond acceptors (Lipinski definition) is 2. The number of nitrogens with one attached hydrogen (secondary N) is 1. The van der Waals surface area contributed by atoms with E-state index in [1.165, 1.54) is 0 Å². The number of halogens is 1. The van der Waals surface area contributed by atoms with Gasteiger partial charge in [0.15, 0.2) is 0 Å². The van der Waals surface area contributed by atoms with E-state index in [1.807, 2.05) is 6.92 Å². The molecule has 0 aromatic rings. The topological polar surface area (TPSA) is 32.3 Å². The van der Waals surface area contributed by atoms with Gasteiger partial charge < -0.3 is 10.4 Å². The lowest BCUT2D eigenvalue weighted by Crippen LogP contribution is -2.58. The third-order valence-electron chi connectivity index (χ3n) is 1.57. The summed E-state index contributed by atoms with van der Waals surface area (Å²) in [4.78, 5) is 0. The van der Waals surface area contributed by atoms with Gasteiger partial charge in [0, 0.05) is 13.1 Å². The van der Waals surface area contributed by atoms with Gasteiger partial charge in [0.05, 0.1) is 5.60 Å². The van der Waals surface area contributed by atoms with Gasteiger partial charge in [-0.2, -0.15) is 0 Å². The Morgan fingerprint density at radius 3 is 2.12 bits per heavy atom. The van der Waals surface area contributed by atoms with Crippen LogP contribution in [0.25, 0.3) is 0 Å². The Balaban J connectivity index is 0.000000490. The van der Waals surface area contributed by atoms with Crippen LogP contribution >= 0.6 is 12.4 Å². The summed E-state index contributed by atoms with van der Waals surface area (Å²) in [5.74, 6) is 0. The molecule has 0 bridgehead atoms. The maximum Gasteiger partial charge on any atom is 0.0892 e. The SMILES string of the molecule is CCC1(O)CNC1.Cl. The van der Waals surface area contributed by atoms with Crippen molar-refractivity contribution in [1.82, 2.24) is 5.32 Å². The minimum atomic E-state index is -0.347. The normalized spacial score (nSPS) is 23.2. The largest absolute Gasteiger partial charge is 0.387 e. The lowest BCUT2D eigenvalue weighted by Gasteiger charge is -2.36. The van der Waals surface area contributed by atoms with Crippen molar-refractivity contribution in [2.24, 2.45) is 0 Å². The van der Waals surface area contributed by atoms with Gasteiger partial charge in [-0.15, -0.1) is 12.4 Å². The molecule has 0 aromatic carbocycles. The molecule has 2 N–H and O–H groups in total. The van der Waals surface area contributed by atoms with E-state index >= 15 is 0 Å². The molecule has 0 unspecified atom stereocenters. The van der Waals surface area contributed by atoms with Crippen LogP contribution in [0.15, 0.2) is 0 Å². The zero-order chi connectivity index (χ0) is 5.33. The minimum absolute atomic E-state index is 0. The first-order valence-electron chi connectivity index (χ1n) is 2.70. The molecule has 0 atom stereocenters. The fraction of sp³-hybridized carbons (Fsp3) is 1.00. The van der Waals surface area contributed by atoms with Crippen LogP contribution in [0.5, 0.6) is 0 Å². The zero-order valence-electron chi connectivity index (χ0n) is 4.98. The lowest BCUT2D eigenvalue weighted by atomic mass is 9.95. The maximum atomic E-state index is 9.16. The lowest BCUT2D eigenvalue weighted by molar-refractivity contribution is -0.0128. The Morgan fingerprint density at radius 1 is 1.62 bits per heavy atom. The average Bonchev–Trinajstić information content (AvgIpc) is 1.61. The van der Waals surface area contributed by atoms with Crippen molar-refractivity contribution in [3.05, 3.63) is 0 Å². The zero-order valence-corrected chi connectivity index (χ0v) is 5.79. The molecule has 1 rings (SSSR count). The molecule has 0 radical (unpaired) electrons. The van der Waals surface area contributed by atoms with Crippen molar-refractivity contribution in [3.63, 3.8) is 0 Å². The van der Waals surface area contributed by atoms with Gasteiger partial charge in [0.1, 0.15) is 0 Å². The van der Waals surface area contributed by atoms with Crippen LogP contribution in [0, 0.1) is 0 Å². The van der Waals surface area contributed by atoms with Gasteiger partial charge in [-0.05, 0) is 6.42 Å². The van der Waals surface area contributed by atoms with Crippen LogP contribution in [-0.2, 0) is 0 Å². The second-order valence-corrected chi connectivity index (χ2v) is 2.18. The minimum Gasteiger partial charge on any atom is -0.387 e. The quantitative estimate of drug-likeness (QED) is 0.540. The Bertz CT molecular complexity index is 67.3. The first-order valence-corrected chi connectivity index (χ1v) is 2.70. The maximum absolute atomic E-state index is 9.16. The molecule has 0 aromatic heterocycles. The number of rotatable bonds is 1. The van der Waals surface area contributed by atoms with E-state index in [1.54, 1.807) is 0 Å². The van der Waals surface area contributed by atoms with Crippen LogP contribution in [0.2, 0.25) is 0 Å². The predicted octanol–water partition coefficient (Wildman–Crippen LogP) is 0.153. The molecular weight excluding hydrogens is 126 g/mol. The average molecular weight is 138 g/mol. The molecule has 1 aliphatic rings. The molecule has 2 nitrogen and oxygen atoms in total. The Hall–Kier alpha value is 0.210. The van der Waals surface area contributed by atoms with Crippen LogP contribution in [-0.4, -0.2) is 23.8 Å². The summed E-state index contributed by atoms with van der Waals surface area (Å²) >= 11 is 0. The second kappa shape index (κ2) is 2.67. The van der Waals surface area contributed by atoms with Gasteiger partial charge in [0.25, 0.3) is 0 Å². The summed E-state index contributed by atoms with van der Waals surface area (Å²) in [7, 11) is 0. The number of hydrogen-bond donors (Lipinski definition) is 2. The first kappa shape index (κ1) is 8.21. The van der Waals surface area contributed by atoms with Crippen LogP contribution < -0.4 is 5.32 Å². The van der Waals surface area contributed by atoms with Crippen molar-refractivity contribution in [1.29, 1.82) is 0 Å². The van der Waals surface area contributed by atoms with Crippen LogP contribution in [0.3, 0.4) is 0 Å². The first-order chi connectivity index (χ1) is 3.27. The van der Waals surface area contributed by atoms with E-state index in [4.69, 9.17) is 5.11 Å². The van der Waals surface area contributed by atoms with Gasteiger partial charge in [-0.25, -0.2) is 0 Å². The molecule has 0 saturated carbocycles. The highest BCUT2D eigenvalue weighted by molar-refractivity contribution is 5.85. The molecule has 0 amide bonds. The number of β-amino-alcohol motifs (C(OH)–C–C–N with tert-alkyl or cyclic N) is 1. The molecule has 0 aliphatic carbocycles. The highest BCUT2D eigenvalue weighted by Gasteiger charge is 2.31. The summed E-state index contributed by atoms with van der Waals surface area (Å²) in [6.07, 6.45) is 0.875. The highest BCUT2D eigenvalue weighted by Crippen LogP contribution is 2.13. The van der Waals surface area contributed by atoms with Crippen LogP contribution in [0.1, 0.15) is 13.3 Å². The van der Waals surface area contributed by atoms with Crippen LogP contribution in [0.4, 0.5) is 0 Å². The summed E-state index contributed by atoms with van der Waals surface area (Å²) < 4.78 is 0. The molecule has 1 heterocycles. The summed E-state index contributed by atoms with van der Waals surface area (Å²) in [6, 6.07) is 0. The molecule has 0 spiro atoms. The fourth-order valence-corrected chi connectivity index (χ4v) is 0.664. The molecule has 1 aliphatic heterocycles. The van der Waals surface area contributed by atoms with Crippen molar-refractivity contribution < 1.29 is 5.11 Å². The predicted molar refractivity (Wildman–Crippen MR) is 35.4 cm³/mol. The Kier molecular flexibility index (Phi) is 2.74. The molecule has 1 saturated heterocycles. The van der Waals surface area contributed by atoms with Crippen molar-refractivity contribution in [3.8, 4) is 0 Å². The third kappa shape index (κ3) is 1.34. The fourth-order valence-electron chi connectivity index (χ4n) is 0.664. The van der Waals surface area contributed by atoms with Gasteiger partial charge in [-0.1, -0.05) is 6.92 Å². The molecule has 3 heteroatoms. The van der Waals surface area contributed by atoms with E-state index in [9.17, 15) is 0 Å². The van der Waals surface area contributed by atoms with E-state index in [0.717, 1.165) is 19.5 Å². The number of aliphatic hydroxyl groups is 1. The summed E-state index contributed by atoms with van der Waals surface area (Å²) in [6.45, 7) is 3.56. The highest BCUT2D eigenvalue weighted by atomic mass is 35.5. The Labute approximate surface area is 55.7 Å². The summed E-state index contributed by atoms with van der Waals surface area (Å²) in [5, 5.41) is 12.2. The molecule has 8 heavy (non-hydrogen) atoms. The van der Waals surface area contributed by atoms with E-state index in [0.29, 0.717) is 0 Å². The molecule has 1 fully saturated rings. The van der Waals surface area contributed by atoms with Crippen molar-refractivity contribution >= 4 is 12.4 Å². The standard InChI is InChI=1S/C5H11NO.ClH/c1-2-5(7)3-6-4-5;/h6-7H,2-4H2,1H3;1H. The van der Waals surface area contributed by atoms with Gasteiger partial charge in [0.2, 0.25) is 0 Å². The van der Waals surface area contributed by atoms with Gasteiger partial charge in [-0.3, -0.25) is 0 Å². The summed E-state index contributed by atoms with van der Waals surface area (Å²) in [5.41, 5.74) is -0.347. The second-order valence-electron chi connectivity index (χ2n) is 2.18. The van der Waals surface area contributed by atoms with Crippen molar-refractivity contribution in [2.45, 2.75) is 18.9 Å². The van der Waals surface area contributed by atoms with Crippen molar-refractivity contribution in [2.75, 3.05) is 13.1 Å². The van der Waals surface area contributed by atoms with E-state index < -0.39 is 0 Å². The third-order valence-corrected chi connectivity index (χ3v) is 1.57. The Morgan fingerprint density at radius 2 is 2.12 bits per heavy atom. The van der Waals surface area contributed by atoms with E-state index in [2.05, 4.69) is 5.32 Å². The molecular formula is C5H12ClNO. The molecule has 50 valence electrons.